The summed E-state index contributed by atoms with van der Waals surface area (Å²) in [4.78, 5) is 48.0. The molecular formula is C40H48F3N7O5. The molecule has 12 nitrogen and oxygen atoms in total. The van der Waals surface area contributed by atoms with Crippen LogP contribution in [0.5, 0.6) is 5.75 Å². The molecule has 0 radical (unpaired) electrons. The van der Waals surface area contributed by atoms with Gasteiger partial charge in [0, 0.05) is 69.9 Å². The minimum atomic E-state index is -3.53. The number of aromatic nitrogens is 4. The molecule has 2 saturated carbocycles. The van der Waals surface area contributed by atoms with Crippen LogP contribution in [0.4, 0.5) is 30.8 Å². The van der Waals surface area contributed by atoms with Crippen molar-refractivity contribution in [2.45, 2.75) is 95.1 Å². The molecule has 1 aromatic carbocycles. The number of piperidine rings is 1. The molecule has 15 heteroatoms. The molecule has 3 aliphatic heterocycles. The zero-order chi connectivity index (χ0) is 38.7. The first kappa shape index (κ1) is 37.4. The van der Waals surface area contributed by atoms with E-state index in [1.165, 1.54) is 0 Å². The molecule has 8 rings (SSSR count). The van der Waals surface area contributed by atoms with Gasteiger partial charge in [-0.2, -0.15) is 8.78 Å². The van der Waals surface area contributed by atoms with E-state index in [1.54, 1.807) is 0 Å². The van der Waals surface area contributed by atoms with Crippen molar-refractivity contribution in [2.24, 2.45) is 23.7 Å². The minimum Gasteiger partial charge on any atom is -0.490 e. The molecule has 2 aromatic heterocycles. The van der Waals surface area contributed by atoms with Crippen molar-refractivity contribution >= 4 is 29.5 Å². The summed E-state index contributed by atoms with van der Waals surface area (Å²) in [5, 5.41) is 13.4. The number of ether oxygens (including phenoxy) is 2. The standard InChI is InChI=1S/C40H48F3N7O5/c1-23-14-25-16-24(2)40(35(52)53,26(15-23)17-25)48-34(51)30-21-46-37(47-33(30)38(3,42)43)50-22-39(8-12-54-13-9-39)31-18-29(4-5-32(31)50)55-28-6-10-49(11-7-28)36-44-19-27(41)20-45-36/h4-5,18-21,23-26,28H,6-17,22H2,1-3H3,(H,48,51)(H,52,53). The zero-order valence-corrected chi connectivity index (χ0v) is 31.4. The number of benzene rings is 1. The molecule has 5 aliphatic rings. The van der Waals surface area contributed by atoms with Crippen molar-refractivity contribution in [3.8, 4) is 5.75 Å². The van der Waals surface area contributed by atoms with Gasteiger partial charge in [-0.3, -0.25) is 4.79 Å². The number of amides is 1. The number of rotatable bonds is 8. The SMILES string of the molecule is CC1CC2CC(C)C(NC(=O)c3cnc(N4CC5(CCOCC5)c5cc(OC6CCN(c7ncc(F)cn7)CC6)ccc54)nc3C(C)(F)F)(C(=O)O)C(C1)C2. The van der Waals surface area contributed by atoms with Crippen molar-refractivity contribution in [3.05, 3.63) is 59.4 Å². The molecule has 5 heterocycles. The monoisotopic (exact) mass is 763 g/mol. The smallest absolute Gasteiger partial charge is 0.329 e. The fourth-order valence-corrected chi connectivity index (χ4v) is 10.2. The predicted octanol–water partition coefficient (Wildman–Crippen LogP) is 6.41. The van der Waals surface area contributed by atoms with Gasteiger partial charge < -0.3 is 29.7 Å². The Balaban J connectivity index is 1.06. The number of nitrogens with zero attached hydrogens (tertiary/aromatic N) is 6. The number of anilines is 3. The Bertz CT molecular complexity index is 1930. The van der Waals surface area contributed by atoms with Crippen LogP contribution in [-0.2, 0) is 20.9 Å². The van der Waals surface area contributed by atoms with Crippen LogP contribution in [0.3, 0.4) is 0 Å². The van der Waals surface area contributed by atoms with Crippen LogP contribution in [0.15, 0.2) is 36.8 Å². The van der Waals surface area contributed by atoms with Crippen LogP contribution < -0.4 is 19.9 Å². The third-order valence-electron chi connectivity index (χ3n) is 12.9. The van der Waals surface area contributed by atoms with E-state index >= 15 is 8.78 Å². The van der Waals surface area contributed by atoms with Crippen LogP contribution in [0.2, 0.25) is 0 Å². The van der Waals surface area contributed by atoms with Crippen LogP contribution in [0.1, 0.15) is 93.8 Å². The van der Waals surface area contributed by atoms with E-state index in [2.05, 4.69) is 32.2 Å². The Morgan fingerprint density at radius 2 is 1.71 bits per heavy atom. The number of hydrogen-bond donors (Lipinski definition) is 2. The number of halogens is 3. The third-order valence-corrected chi connectivity index (χ3v) is 12.9. The topological polar surface area (TPSA) is 143 Å². The predicted molar refractivity (Wildman–Crippen MR) is 196 cm³/mol. The Kier molecular flexibility index (Phi) is 9.65. The van der Waals surface area contributed by atoms with Gasteiger partial charge in [0.2, 0.25) is 11.9 Å². The van der Waals surface area contributed by atoms with Crippen molar-refractivity contribution < 1.29 is 37.3 Å². The fraction of sp³-hybridized carbons (Fsp3) is 0.600. The van der Waals surface area contributed by atoms with Gasteiger partial charge in [0.25, 0.3) is 11.8 Å². The second-order valence-electron chi connectivity index (χ2n) is 16.6. The first-order valence-corrected chi connectivity index (χ1v) is 19.5. The number of aliphatic carboxylic acids is 1. The lowest BCUT2D eigenvalue weighted by atomic mass is 9.56. The number of carbonyl (C=O) groups excluding carboxylic acids is 1. The van der Waals surface area contributed by atoms with Crippen LogP contribution in [0, 0.1) is 29.5 Å². The summed E-state index contributed by atoms with van der Waals surface area (Å²) >= 11 is 0. The summed E-state index contributed by atoms with van der Waals surface area (Å²) < 4.78 is 56.6. The molecule has 3 aromatic rings. The van der Waals surface area contributed by atoms with Gasteiger partial charge in [0.05, 0.1) is 18.0 Å². The van der Waals surface area contributed by atoms with Gasteiger partial charge in [0.1, 0.15) is 23.1 Å². The van der Waals surface area contributed by atoms with Gasteiger partial charge in [-0.15, -0.1) is 0 Å². The molecule has 2 bridgehead atoms. The largest absolute Gasteiger partial charge is 0.490 e. The van der Waals surface area contributed by atoms with Crippen LogP contribution in [0.25, 0.3) is 0 Å². The molecule has 2 saturated heterocycles. The lowest BCUT2D eigenvalue weighted by Gasteiger charge is -2.52. The van der Waals surface area contributed by atoms with Gasteiger partial charge >= 0.3 is 5.97 Å². The number of carbonyl (C=O) groups is 2. The maximum atomic E-state index is 15.5. The highest BCUT2D eigenvalue weighted by Crippen LogP contribution is 2.52. The summed E-state index contributed by atoms with van der Waals surface area (Å²) in [7, 11) is 0. The second-order valence-corrected chi connectivity index (χ2v) is 16.6. The first-order chi connectivity index (χ1) is 26.3. The summed E-state index contributed by atoms with van der Waals surface area (Å²) in [6.07, 6.45) is 9.19. The highest BCUT2D eigenvalue weighted by atomic mass is 19.3. The number of fused-ring (bicyclic) bond motifs is 4. The number of alkyl halides is 2. The van der Waals surface area contributed by atoms with E-state index in [-0.39, 0.29) is 29.3 Å². The Labute approximate surface area is 318 Å². The maximum absolute atomic E-state index is 15.5. The molecule has 1 spiro atoms. The number of carboxylic acids is 1. The highest BCUT2D eigenvalue weighted by molar-refractivity contribution is 5.99. The molecule has 55 heavy (non-hydrogen) atoms. The van der Waals surface area contributed by atoms with Crippen molar-refractivity contribution in [1.82, 2.24) is 25.3 Å². The first-order valence-electron chi connectivity index (χ1n) is 19.5. The summed E-state index contributed by atoms with van der Waals surface area (Å²) in [5.74, 6) is -4.87. The van der Waals surface area contributed by atoms with E-state index in [0.29, 0.717) is 95.4 Å². The number of nitrogens with one attached hydrogen (secondary N) is 1. The Hall–Kier alpha value is -4.53. The molecule has 5 unspecified atom stereocenters. The normalized spacial score (nSPS) is 27.8. The Morgan fingerprint density at radius 1 is 1.00 bits per heavy atom. The fourth-order valence-electron chi connectivity index (χ4n) is 10.2. The quantitative estimate of drug-likeness (QED) is 0.263. The molecule has 1 amide bonds. The number of carboxylic acid groups (broad SMARTS) is 1. The summed E-state index contributed by atoms with van der Waals surface area (Å²) in [6, 6.07) is 5.80. The van der Waals surface area contributed by atoms with Crippen molar-refractivity contribution in [2.75, 3.05) is 42.6 Å². The van der Waals surface area contributed by atoms with Gasteiger partial charge in [0.15, 0.2) is 5.82 Å². The van der Waals surface area contributed by atoms with Gasteiger partial charge in [-0.05, 0) is 86.0 Å². The molecular weight excluding hydrogens is 715 g/mol. The Morgan fingerprint density at radius 3 is 2.40 bits per heavy atom. The van der Waals surface area contributed by atoms with E-state index < -0.39 is 40.4 Å². The lowest BCUT2D eigenvalue weighted by Crippen LogP contribution is -2.66. The van der Waals surface area contributed by atoms with E-state index in [0.717, 1.165) is 49.1 Å². The van der Waals surface area contributed by atoms with Crippen molar-refractivity contribution in [1.29, 1.82) is 0 Å². The second kappa shape index (κ2) is 14.2. The molecule has 2 N–H and O–H groups in total. The van der Waals surface area contributed by atoms with Gasteiger partial charge in [-0.25, -0.2) is 29.1 Å². The number of hydrogen-bond acceptors (Lipinski definition) is 10. The maximum Gasteiger partial charge on any atom is 0.329 e. The molecule has 4 fully saturated rings. The van der Waals surface area contributed by atoms with E-state index in [9.17, 15) is 19.1 Å². The van der Waals surface area contributed by atoms with Crippen molar-refractivity contribution in [3.63, 3.8) is 0 Å². The highest BCUT2D eigenvalue weighted by Gasteiger charge is 2.57. The van der Waals surface area contributed by atoms with Gasteiger partial charge in [-0.1, -0.05) is 13.8 Å². The molecule has 294 valence electrons. The molecule has 2 aliphatic carbocycles. The lowest BCUT2D eigenvalue weighted by molar-refractivity contribution is -0.155. The third kappa shape index (κ3) is 6.86. The van der Waals surface area contributed by atoms with E-state index in [4.69, 9.17) is 9.47 Å². The van der Waals surface area contributed by atoms with Crippen LogP contribution in [-0.4, -0.2) is 81.4 Å². The molecule has 5 atom stereocenters. The summed E-state index contributed by atoms with van der Waals surface area (Å²) in [6.45, 7) is 7.42. The minimum absolute atomic E-state index is 0.0321. The average molecular weight is 764 g/mol. The summed E-state index contributed by atoms with van der Waals surface area (Å²) in [5.41, 5.74) is -1.38. The average Bonchev–Trinajstić information content (AvgIpc) is 3.45. The van der Waals surface area contributed by atoms with Crippen LogP contribution >= 0.6 is 0 Å². The van der Waals surface area contributed by atoms with E-state index in [1.807, 2.05) is 34.9 Å². The zero-order valence-electron chi connectivity index (χ0n) is 31.4.